The van der Waals surface area contributed by atoms with Gasteiger partial charge in [0.2, 0.25) is 11.8 Å². The molecular weight excluding hydrogens is 387 g/mol. The topological polar surface area (TPSA) is 69.9 Å². The second kappa shape index (κ2) is 10.9. The van der Waals surface area contributed by atoms with Crippen LogP contribution in [0.25, 0.3) is 0 Å². The van der Waals surface area contributed by atoms with Crippen molar-refractivity contribution in [3.8, 4) is 0 Å². The van der Waals surface area contributed by atoms with E-state index in [4.69, 9.17) is 5.73 Å². The maximum atomic E-state index is 12.6. The zero-order valence-corrected chi connectivity index (χ0v) is 17.4. The third-order valence-corrected chi connectivity index (χ3v) is 5.20. The van der Waals surface area contributed by atoms with E-state index in [9.17, 15) is 9.59 Å². The van der Waals surface area contributed by atoms with Crippen LogP contribution in [0, 0.1) is 6.92 Å². The molecule has 0 bridgehead atoms. The molecular formula is C19H30Cl2N4O2. The lowest BCUT2D eigenvalue weighted by Gasteiger charge is -2.36. The maximum Gasteiger partial charge on any atom is 0.244 e. The van der Waals surface area contributed by atoms with Crippen molar-refractivity contribution in [1.82, 2.24) is 14.7 Å². The fraction of sp³-hybridized carbons (Fsp3) is 0.579. The van der Waals surface area contributed by atoms with E-state index in [0.717, 1.165) is 24.2 Å². The molecule has 2 amide bonds. The predicted octanol–water partition coefficient (Wildman–Crippen LogP) is 1.61. The van der Waals surface area contributed by atoms with Gasteiger partial charge in [-0.3, -0.25) is 14.5 Å². The highest BCUT2D eigenvalue weighted by molar-refractivity contribution is 5.85. The van der Waals surface area contributed by atoms with Crippen LogP contribution in [0.5, 0.6) is 0 Å². The van der Waals surface area contributed by atoms with Gasteiger partial charge >= 0.3 is 0 Å². The van der Waals surface area contributed by atoms with E-state index < -0.39 is 6.04 Å². The van der Waals surface area contributed by atoms with Gasteiger partial charge in [0.15, 0.2) is 0 Å². The number of nitrogens with two attached hydrogens (primary N) is 1. The van der Waals surface area contributed by atoms with Gasteiger partial charge in [-0.1, -0.05) is 29.8 Å². The molecule has 0 spiro atoms. The second-order valence-electron chi connectivity index (χ2n) is 7.08. The summed E-state index contributed by atoms with van der Waals surface area (Å²) in [7, 11) is 0. The molecule has 2 fully saturated rings. The summed E-state index contributed by atoms with van der Waals surface area (Å²) in [6.45, 7) is 6.88. The molecule has 2 aliphatic heterocycles. The lowest BCUT2D eigenvalue weighted by Crippen LogP contribution is -2.54. The third kappa shape index (κ3) is 6.07. The van der Waals surface area contributed by atoms with Crippen molar-refractivity contribution in [3.05, 3.63) is 35.4 Å². The van der Waals surface area contributed by atoms with Gasteiger partial charge in [0.25, 0.3) is 0 Å². The normalized spacial score (nSPS) is 18.4. The number of hydrogen-bond acceptors (Lipinski definition) is 4. The molecule has 1 aromatic carbocycles. The Morgan fingerprint density at radius 2 is 1.44 bits per heavy atom. The van der Waals surface area contributed by atoms with E-state index >= 15 is 0 Å². The zero-order chi connectivity index (χ0) is 17.8. The number of halogens is 2. The fourth-order valence-corrected chi connectivity index (χ4v) is 3.52. The Hall–Kier alpha value is -1.34. The van der Waals surface area contributed by atoms with E-state index in [0.29, 0.717) is 32.7 Å². The summed E-state index contributed by atoms with van der Waals surface area (Å²) in [4.78, 5) is 30.9. The number of hydrogen-bond donors (Lipinski definition) is 1. The van der Waals surface area contributed by atoms with Crippen LogP contribution in [0.15, 0.2) is 24.3 Å². The van der Waals surface area contributed by atoms with Gasteiger partial charge in [-0.25, -0.2) is 0 Å². The molecule has 8 heteroatoms. The van der Waals surface area contributed by atoms with Crippen LogP contribution < -0.4 is 5.73 Å². The minimum atomic E-state index is -0.632. The van der Waals surface area contributed by atoms with Crippen molar-refractivity contribution in [2.75, 3.05) is 45.8 Å². The first-order valence-electron chi connectivity index (χ1n) is 9.15. The molecule has 6 nitrogen and oxygen atoms in total. The van der Waals surface area contributed by atoms with Crippen molar-refractivity contribution < 1.29 is 9.59 Å². The Labute approximate surface area is 173 Å². The predicted molar refractivity (Wildman–Crippen MR) is 111 cm³/mol. The first kappa shape index (κ1) is 23.7. The van der Waals surface area contributed by atoms with Crippen molar-refractivity contribution in [2.24, 2.45) is 5.73 Å². The SMILES string of the molecule is Cc1ccc(C(N)C(=O)N2CCN(C(=O)CN3CCCC3)CC2)cc1.Cl.Cl. The van der Waals surface area contributed by atoms with Gasteiger partial charge in [0, 0.05) is 26.2 Å². The summed E-state index contributed by atoms with van der Waals surface area (Å²) < 4.78 is 0. The van der Waals surface area contributed by atoms with Crippen LogP contribution in [0.1, 0.15) is 30.0 Å². The van der Waals surface area contributed by atoms with Gasteiger partial charge in [0.05, 0.1) is 6.54 Å². The Balaban J connectivity index is 0.00000182. The molecule has 27 heavy (non-hydrogen) atoms. The molecule has 0 aliphatic carbocycles. The average Bonchev–Trinajstić information content (AvgIpc) is 3.14. The summed E-state index contributed by atoms with van der Waals surface area (Å²) in [5.41, 5.74) is 8.13. The number of nitrogens with zero attached hydrogens (tertiary/aromatic N) is 3. The fourth-order valence-electron chi connectivity index (χ4n) is 3.52. The smallest absolute Gasteiger partial charge is 0.244 e. The van der Waals surface area contributed by atoms with Gasteiger partial charge < -0.3 is 15.5 Å². The molecule has 0 aromatic heterocycles. The average molecular weight is 417 g/mol. The quantitative estimate of drug-likeness (QED) is 0.808. The number of piperazine rings is 1. The maximum absolute atomic E-state index is 12.6. The number of carbonyl (C=O) groups is 2. The summed E-state index contributed by atoms with van der Waals surface area (Å²) in [6.07, 6.45) is 2.37. The molecule has 2 saturated heterocycles. The molecule has 2 N–H and O–H groups in total. The molecule has 1 atom stereocenters. The van der Waals surface area contributed by atoms with Crippen LogP contribution in [0.2, 0.25) is 0 Å². The van der Waals surface area contributed by atoms with E-state index in [-0.39, 0.29) is 36.6 Å². The molecule has 2 aliphatic rings. The second-order valence-corrected chi connectivity index (χ2v) is 7.08. The van der Waals surface area contributed by atoms with Crippen LogP contribution in [0.4, 0.5) is 0 Å². The molecule has 152 valence electrons. The Bertz CT molecular complexity index is 613. The van der Waals surface area contributed by atoms with Gasteiger partial charge in [-0.05, 0) is 38.4 Å². The third-order valence-electron chi connectivity index (χ3n) is 5.20. The minimum absolute atomic E-state index is 0. The molecule has 1 unspecified atom stereocenters. The van der Waals surface area contributed by atoms with Crippen molar-refractivity contribution in [3.63, 3.8) is 0 Å². The number of carbonyl (C=O) groups excluding carboxylic acids is 2. The van der Waals surface area contributed by atoms with E-state index in [2.05, 4.69) is 4.90 Å². The highest BCUT2D eigenvalue weighted by Crippen LogP contribution is 2.16. The van der Waals surface area contributed by atoms with Crippen molar-refractivity contribution >= 4 is 36.6 Å². The van der Waals surface area contributed by atoms with Crippen LogP contribution >= 0.6 is 24.8 Å². The van der Waals surface area contributed by atoms with Gasteiger partial charge in [-0.15, -0.1) is 24.8 Å². The minimum Gasteiger partial charge on any atom is -0.338 e. The summed E-state index contributed by atoms with van der Waals surface area (Å²) in [5.74, 6) is 0.118. The molecule has 1 aromatic rings. The van der Waals surface area contributed by atoms with Crippen molar-refractivity contribution in [2.45, 2.75) is 25.8 Å². The largest absolute Gasteiger partial charge is 0.338 e. The van der Waals surface area contributed by atoms with Crippen LogP contribution in [-0.4, -0.2) is 72.3 Å². The number of likely N-dealkylation sites (tertiary alicyclic amines) is 1. The monoisotopic (exact) mass is 416 g/mol. The summed E-state index contributed by atoms with van der Waals surface area (Å²) >= 11 is 0. The summed E-state index contributed by atoms with van der Waals surface area (Å²) in [5, 5.41) is 0. The molecule has 0 radical (unpaired) electrons. The van der Waals surface area contributed by atoms with E-state index in [1.165, 1.54) is 12.8 Å². The number of aryl methyl sites for hydroxylation is 1. The van der Waals surface area contributed by atoms with Crippen molar-refractivity contribution in [1.29, 1.82) is 0 Å². The first-order valence-corrected chi connectivity index (χ1v) is 9.15. The lowest BCUT2D eigenvalue weighted by atomic mass is 10.0. The molecule has 0 saturated carbocycles. The Kier molecular flexibility index (Phi) is 9.53. The number of amides is 2. The number of rotatable bonds is 4. The summed E-state index contributed by atoms with van der Waals surface area (Å²) in [6, 6.07) is 7.13. The van der Waals surface area contributed by atoms with Crippen LogP contribution in [-0.2, 0) is 9.59 Å². The van der Waals surface area contributed by atoms with E-state index in [1.54, 1.807) is 4.90 Å². The Morgan fingerprint density at radius 1 is 0.926 bits per heavy atom. The zero-order valence-electron chi connectivity index (χ0n) is 15.8. The highest BCUT2D eigenvalue weighted by atomic mass is 35.5. The molecule has 3 rings (SSSR count). The Morgan fingerprint density at radius 3 is 2.00 bits per heavy atom. The van der Waals surface area contributed by atoms with E-state index in [1.807, 2.05) is 36.1 Å². The van der Waals surface area contributed by atoms with Crippen LogP contribution in [0.3, 0.4) is 0 Å². The lowest BCUT2D eigenvalue weighted by molar-refractivity contribution is -0.140. The molecule has 2 heterocycles. The highest BCUT2D eigenvalue weighted by Gasteiger charge is 2.28. The number of benzene rings is 1. The first-order chi connectivity index (χ1) is 12.0. The van der Waals surface area contributed by atoms with Gasteiger partial charge in [-0.2, -0.15) is 0 Å². The van der Waals surface area contributed by atoms with Gasteiger partial charge in [0.1, 0.15) is 6.04 Å². The standard InChI is InChI=1S/C19H28N4O2.2ClH/c1-15-4-6-16(7-5-15)18(20)19(25)23-12-10-22(11-13-23)17(24)14-21-8-2-3-9-21;;/h4-7,18H,2-3,8-14,20H2,1H3;2*1H.